The normalized spacial score (nSPS) is 19.1. The summed E-state index contributed by atoms with van der Waals surface area (Å²) in [6, 6.07) is 8.41. The molecule has 1 amide bonds. The number of halogens is 2. The summed E-state index contributed by atoms with van der Waals surface area (Å²) < 4.78 is 41.0. The van der Waals surface area contributed by atoms with Crippen molar-refractivity contribution in [3.63, 3.8) is 0 Å². The number of fused-ring (bicyclic) bond motifs is 1. The van der Waals surface area contributed by atoms with Gasteiger partial charge in [0, 0.05) is 17.6 Å². The Balaban J connectivity index is 1.62. The van der Waals surface area contributed by atoms with Crippen molar-refractivity contribution in [3.8, 4) is 0 Å². The largest absolute Gasteiger partial charge is 0.309 e. The first-order valence-corrected chi connectivity index (χ1v) is 10.6. The molecule has 0 aromatic heterocycles. The average Bonchev–Trinajstić information content (AvgIpc) is 3.39. The number of hydrogen-bond donors (Lipinski definition) is 1. The molecule has 2 aromatic carbocycles. The molecule has 0 bridgehead atoms. The number of carbonyl (C=O) groups excluding carboxylic acids is 1. The molecule has 1 N–H and O–H groups in total. The van der Waals surface area contributed by atoms with Gasteiger partial charge >= 0.3 is 0 Å². The quantitative estimate of drug-likeness (QED) is 0.832. The van der Waals surface area contributed by atoms with Gasteiger partial charge in [-0.3, -0.25) is 9.52 Å². The van der Waals surface area contributed by atoms with E-state index in [9.17, 15) is 17.6 Å². The monoisotopic (exact) mass is 408 g/mol. The van der Waals surface area contributed by atoms with Crippen LogP contribution in [0.25, 0.3) is 0 Å². The molecule has 8 heteroatoms. The third-order valence-electron chi connectivity index (χ3n) is 4.91. The predicted octanol–water partition coefficient (Wildman–Crippen LogP) is 3.97. The maximum absolute atomic E-state index is 13.3. The van der Waals surface area contributed by atoms with Crippen LogP contribution >= 0.6 is 11.6 Å². The molecule has 2 aromatic rings. The lowest BCUT2D eigenvalue weighted by Crippen LogP contribution is -2.36. The van der Waals surface area contributed by atoms with Gasteiger partial charge in [0.25, 0.3) is 10.0 Å². The second kappa shape index (κ2) is 6.49. The molecule has 1 unspecified atom stereocenters. The van der Waals surface area contributed by atoms with E-state index < -0.39 is 15.8 Å². The van der Waals surface area contributed by atoms with E-state index in [1.54, 1.807) is 17.0 Å². The molecule has 1 heterocycles. The Hall–Kier alpha value is -2.12. The van der Waals surface area contributed by atoms with Crippen molar-refractivity contribution >= 4 is 38.9 Å². The van der Waals surface area contributed by atoms with Gasteiger partial charge in [-0.1, -0.05) is 11.6 Å². The standard InChI is InChI=1S/C19H18ClFN2O3S/c1-11-8-13-9-15(5-7-18(13)23(11)19(24)12-2-3-12)27(25,26)22-14-4-6-17(21)16(20)10-14/h4-7,9-12,22H,2-3,8H2,1H3. The van der Waals surface area contributed by atoms with Crippen molar-refractivity contribution < 1.29 is 17.6 Å². The van der Waals surface area contributed by atoms with E-state index >= 15 is 0 Å². The Labute approximate surface area is 162 Å². The zero-order valence-electron chi connectivity index (χ0n) is 14.6. The number of sulfonamides is 1. The van der Waals surface area contributed by atoms with Gasteiger partial charge in [0.05, 0.1) is 15.6 Å². The highest BCUT2D eigenvalue weighted by atomic mass is 35.5. The summed E-state index contributed by atoms with van der Waals surface area (Å²) in [6.45, 7) is 1.97. The first-order chi connectivity index (χ1) is 12.8. The van der Waals surface area contributed by atoms with Crippen molar-refractivity contribution in [2.75, 3.05) is 9.62 Å². The van der Waals surface area contributed by atoms with Gasteiger partial charge in [-0.25, -0.2) is 12.8 Å². The fraction of sp³-hybridized carbons (Fsp3) is 0.316. The lowest BCUT2D eigenvalue weighted by atomic mass is 10.1. The summed E-state index contributed by atoms with van der Waals surface area (Å²) in [6.07, 6.45) is 2.46. The minimum Gasteiger partial charge on any atom is -0.309 e. The smallest absolute Gasteiger partial charge is 0.261 e. The molecule has 1 aliphatic carbocycles. The SMILES string of the molecule is CC1Cc2cc(S(=O)(=O)Nc3ccc(F)c(Cl)c3)ccc2N1C(=O)C1CC1. The van der Waals surface area contributed by atoms with Crippen molar-refractivity contribution in [1.82, 2.24) is 0 Å². The van der Waals surface area contributed by atoms with Gasteiger partial charge in [0.2, 0.25) is 5.91 Å². The van der Waals surface area contributed by atoms with Crippen LogP contribution in [0.5, 0.6) is 0 Å². The Bertz CT molecular complexity index is 1040. The fourth-order valence-corrected chi connectivity index (χ4v) is 4.69. The molecular weight excluding hydrogens is 391 g/mol. The zero-order valence-corrected chi connectivity index (χ0v) is 16.1. The van der Waals surface area contributed by atoms with Gasteiger partial charge in [0.1, 0.15) is 5.82 Å². The van der Waals surface area contributed by atoms with E-state index in [-0.39, 0.29) is 33.5 Å². The maximum atomic E-state index is 13.3. The molecule has 1 saturated carbocycles. The van der Waals surface area contributed by atoms with E-state index in [1.165, 1.54) is 18.2 Å². The Kier molecular flexibility index (Phi) is 4.39. The van der Waals surface area contributed by atoms with E-state index in [4.69, 9.17) is 11.6 Å². The van der Waals surface area contributed by atoms with Gasteiger partial charge in [0.15, 0.2) is 0 Å². The number of benzene rings is 2. The third-order valence-corrected chi connectivity index (χ3v) is 6.58. The van der Waals surface area contributed by atoms with Gasteiger partial charge in [-0.2, -0.15) is 0 Å². The predicted molar refractivity (Wildman–Crippen MR) is 102 cm³/mol. The molecule has 0 radical (unpaired) electrons. The lowest BCUT2D eigenvalue weighted by Gasteiger charge is -2.22. The highest BCUT2D eigenvalue weighted by Crippen LogP contribution is 2.39. The van der Waals surface area contributed by atoms with Crippen molar-refractivity contribution in [1.29, 1.82) is 0 Å². The Morgan fingerprint density at radius 3 is 2.63 bits per heavy atom. The van der Waals surface area contributed by atoms with E-state index in [1.807, 2.05) is 6.92 Å². The molecule has 5 nitrogen and oxygen atoms in total. The molecule has 4 rings (SSSR count). The van der Waals surface area contributed by atoms with E-state index in [0.29, 0.717) is 6.42 Å². The van der Waals surface area contributed by atoms with Crippen LogP contribution in [-0.4, -0.2) is 20.4 Å². The molecule has 1 atom stereocenters. The van der Waals surface area contributed by atoms with Crippen LogP contribution in [-0.2, 0) is 21.2 Å². The molecule has 27 heavy (non-hydrogen) atoms. The highest BCUT2D eigenvalue weighted by molar-refractivity contribution is 7.92. The van der Waals surface area contributed by atoms with Gasteiger partial charge in [-0.05, 0) is 68.1 Å². The number of anilines is 2. The lowest BCUT2D eigenvalue weighted by molar-refractivity contribution is -0.120. The minimum atomic E-state index is -3.86. The van der Waals surface area contributed by atoms with Crippen molar-refractivity contribution in [2.45, 2.75) is 37.1 Å². The molecule has 142 valence electrons. The van der Waals surface area contributed by atoms with Crippen LogP contribution in [0.2, 0.25) is 5.02 Å². The highest BCUT2D eigenvalue weighted by Gasteiger charge is 2.39. The molecule has 0 spiro atoms. The Morgan fingerprint density at radius 2 is 1.96 bits per heavy atom. The van der Waals surface area contributed by atoms with Crippen LogP contribution in [0.3, 0.4) is 0 Å². The summed E-state index contributed by atoms with van der Waals surface area (Å²) in [5, 5.41) is -0.160. The topological polar surface area (TPSA) is 66.5 Å². The van der Waals surface area contributed by atoms with Crippen LogP contribution in [0, 0.1) is 11.7 Å². The molecule has 1 aliphatic heterocycles. The fourth-order valence-electron chi connectivity index (χ4n) is 3.41. The number of nitrogens with zero attached hydrogens (tertiary/aromatic N) is 1. The second-order valence-electron chi connectivity index (χ2n) is 7.06. The summed E-state index contributed by atoms with van der Waals surface area (Å²) in [4.78, 5) is 14.4. The van der Waals surface area contributed by atoms with E-state index in [2.05, 4.69) is 4.72 Å². The maximum Gasteiger partial charge on any atom is 0.261 e. The number of amides is 1. The summed E-state index contributed by atoms with van der Waals surface area (Å²) in [5.74, 6) is -0.394. The average molecular weight is 409 g/mol. The number of carbonyl (C=O) groups is 1. The molecule has 0 saturated heterocycles. The van der Waals surface area contributed by atoms with Crippen LogP contribution in [0.4, 0.5) is 15.8 Å². The summed E-state index contributed by atoms with van der Waals surface area (Å²) >= 11 is 5.71. The molecule has 1 fully saturated rings. The van der Waals surface area contributed by atoms with E-state index in [0.717, 1.165) is 30.2 Å². The number of rotatable bonds is 4. The second-order valence-corrected chi connectivity index (χ2v) is 9.15. The third kappa shape index (κ3) is 3.41. The minimum absolute atomic E-state index is 0.00918. The van der Waals surface area contributed by atoms with Crippen LogP contribution in [0.1, 0.15) is 25.3 Å². The number of hydrogen-bond acceptors (Lipinski definition) is 3. The number of nitrogens with one attached hydrogen (secondary N) is 1. The first kappa shape index (κ1) is 18.3. The van der Waals surface area contributed by atoms with Gasteiger partial charge in [-0.15, -0.1) is 0 Å². The van der Waals surface area contributed by atoms with Crippen molar-refractivity contribution in [3.05, 3.63) is 52.8 Å². The van der Waals surface area contributed by atoms with Crippen LogP contribution in [0.15, 0.2) is 41.3 Å². The van der Waals surface area contributed by atoms with Gasteiger partial charge < -0.3 is 4.90 Å². The zero-order chi connectivity index (χ0) is 19.3. The summed E-state index contributed by atoms with van der Waals surface area (Å²) in [5.41, 5.74) is 1.79. The van der Waals surface area contributed by atoms with Crippen LogP contribution < -0.4 is 9.62 Å². The molecular formula is C19H18ClFN2O3S. The Morgan fingerprint density at radius 1 is 1.22 bits per heavy atom. The summed E-state index contributed by atoms with van der Waals surface area (Å²) in [7, 11) is -3.86. The molecule has 2 aliphatic rings. The van der Waals surface area contributed by atoms with Crippen molar-refractivity contribution in [2.24, 2.45) is 5.92 Å². The first-order valence-electron chi connectivity index (χ1n) is 8.70.